The van der Waals surface area contributed by atoms with Crippen LogP contribution in [0, 0.1) is 5.92 Å². The van der Waals surface area contributed by atoms with Crippen LogP contribution in [0.25, 0.3) is 0 Å². The number of benzene rings is 1. The van der Waals surface area contributed by atoms with Gasteiger partial charge in [-0.05, 0) is 17.7 Å². The van der Waals surface area contributed by atoms with E-state index in [1.807, 2.05) is 0 Å². The fourth-order valence-corrected chi connectivity index (χ4v) is 1.90. The van der Waals surface area contributed by atoms with Crippen LogP contribution in [0.15, 0.2) is 24.3 Å². The third-order valence-corrected chi connectivity index (χ3v) is 3.08. The van der Waals surface area contributed by atoms with Crippen LogP contribution in [0.3, 0.4) is 0 Å². The molecule has 1 N–H and O–H groups in total. The average molecular weight is 307 g/mol. The van der Waals surface area contributed by atoms with Crippen LogP contribution in [0.1, 0.15) is 5.56 Å². The molecule has 1 saturated heterocycles. The molecule has 0 aliphatic carbocycles. The minimum absolute atomic E-state index is 0. The van der Waals surface area contributed by atoms with E-state index in [1.165, 1.54) is 12.1 Å². The quantitative estimate of drug-likeness (QED) is 0.903. The molecule has 1 aliphatic heterocycles. The maximum atomic E-state index is 12.0. The van der Waals surface area contributed by atoms with Crippen molar-refractivity contribution in [1.82, 2.24) is 10.2 Å². The first-order valence-corrected chi connectivity index (χ1v) is 6.05. The second kappa shape index (κ2) is 7.40. The van der Waals surface area contributed by atoms with E-state index in [0.717, 1.165) is 18.7 Å². The Morgan fingerprint density at radius 2 is 2.00 bits per heavy atom. The highest BCUT2D eigenvalue weighted by atomic mass is 35.5. The molecule has 2 rings (SSSR count). The van der Waals surface area contributed by atoms with Crippen molar-refractivity contribution in [2.75, 3.05) is 20.1 Å². The van der Waals surface area contributed by atoms with Crippen molar-refractivity contribution in [3.63, 3.8) is 0 Å². The maximum absolute atomic E-state index is 12.0. The van der Waals surface area contributed by atoms with Gasteiger partial charge in [0.25, 0.3) is 0 Å². The molecule has 112 valence electrons. The Balaban J connectivity index is 0.00000200. The van der Waals surface area contributed by atoms with Gasteiger partial charge in [0.15, 0.2) is 0 Å². The summed E-state index contributed by atoms with van der Waals surface area (Å²) in [6, 6.07) is 6.32. The monoisotopic (exact) mass is 306 g/mol. The van der Waals surface area contributed by atoms with Gasteiger partial charge in [-0.3, -0.25) is 4.79 Å². The van der Waals surface area contributed by atoms with Gasteiger partial charge in [0, 0.05) is 26.7 Å². The Bertz CT molecular complexity index is 439. The van der Waals surface area contributed by atoms with Crippen LogP contribution in [0.2, 0.25) is 0 Å². The number of amides is 1. The molecule has 0 atom stereocenters. The molecule has 1 heterocycles. The van der Waals surface area contributed by atoms with Gasteiger partial charge in [0.05, 0.1) is 5.92 Å². The van der Waals surface area contributed by atoms with Gasteiger partial charge in [0.2, 0.25) is 5.91 Å². The summed E-state index contributed by atoms with van der Waals surface area (Å²) in [5, 5.41) is 3.05. The van der Waals surface area contributed by atoms with Gasteiger partial charge >= 0.3 is 6.61 Å². The minimum Gasteiger partial charge on any atom is -0.435 e. The van der Waals surface area contributed by atoms with E-state index in [4.69, 9.17) is 0 Å². The summed E-state index contributed by atoms with van der Waals surface area (Å²) in [5.41, 5.74) is 0.879. The molecule has 0 radical (unpaired) electrons. The van der Waals surface area contributed by atoms with Crippen molar-refractivity contribution in [2.24, 2.45) is 5.92 Å². The first-order valence-electron chi connectivity index (χ1n) is 6.05. The van der Waals surface area contributed by atoms with Gasteiger partial charge in [-0.15, -0.1) is 12.4 Å². The zero-order valence-corrected chi connectivity index (χ0v) is 11.8. The molecule has 0 spiro atoms. The molecule has 1 fully saturated rings. The molecular weight excluding hydrogens is 290 g/mol. The van der Waals surface area contributed by atoms with E-state index in [9.17, 15) is 13.6 Å². The van der Waals surface area contributed by atoms with Crippen LogP contribution < -0.4 is 10.1 Å². The van der Waals surface area contributed by atoms with Crippen LogP contribution in [-0.4, -0.2) is 37.6 Å². The van der Waals surface area contributed by atoms with Crippen LogP contribution in [0.5, 0.6) is 5.75 Å². The number of nitrogens with zero attached hydrogens (tertiary/aromatic N) is 1. The molecule has 1 aromatic rings. The third kappa shape index (κ3) is 4.31. The number of hydrogen-bond donors (Lipinski definition) is 1. The molecule has 1 aliphatic rings. The lowest BCUT2D eigenvalue weighted by Gasteiger charge is -2.30. The smallest absolute Gasteiger partial charge is 0.387 e. The zero-order chi connectivity index (χ0) is 13.8. The molecule has 0 bridgehead atoms. The van der Waals surface area contributed by atoms with E-state index < -0.39 is 6.61 Å². The summed E-state index contributed by atoms with van der Waals surface area (Å²) in [6.07, 6.45) is 0. The number of carbonyl (C=O) groups is 1. The maximum Gasteiger partial charge on any atom is 0.387 e. The predicted octanol–water partition coefficient (Wildman–Crippen LogP) is 1.89. The van der Waals surface area contributed by atoms with Gasteiger partial charge < -0.3 is 15.0 Å². The lowest BCUT2D eigenvalue weighted by Crippen LogP contribution is -2.50. The molecule has 1 amide bonds. The molecule has 0 saturated carbocycles. The highest BCUT2D eigenvalue weighted by molar-refractivity contribution is 5.85. The highest BCUT2D eigenvalue weighted by Crippen LogP contribution is 2.16. The van der Waals surface area contributed by atoms with Crippen molar-refractivity contribution >= 4 is 18.3 Å². The van der Waals surface area contributed by atoms with E-state index in [0.29, 0.717) is 6.54 Å². The van der Waals surface area contributed by atoms with Crippen molar-refractivity contribution < 1.29 is 18.3 Å². The summed E-state index contributed by atoms with van der Waals surface area (Å²) in [5.74, 6) is 0.286. The molecule has 20 heavy (non-hydrogen) atoms. The minimum atomic E-state index is -2.82. The van der Waals surface area contributed by atoms with E-state index >= 15 is 0 Å². The van der Waals surface area contributed by atoms with Crippen molar-refractivity contribution in [3.8, 4) is 5.75 Å². The predicted molar refractivity (Wildman–Crippen MR) is 73.2 cm³/mol. The Morgan fingerprint density at radius 3 is 2.45 bits per heavy atom. The Hall–Kier alpha value is -1.40. The van der Waals surface area contributed by atoms with Crippen molar-refractivity contribution in [1.29, 1.82) is 0 Å². The van der Waals surface area contributed by atoms with E-state index in [2.05, 4.69) is 10.1 Å². The fourth-order valence-electron chi connectivity index (χ4n) is 1.90. The highest BCUT2D eigenvalue weighted by Gasteiger charge is 2.27. The number of nitrogens with one attached hydrogen (secondary N) is 1. The second-order valence-electron chi connectivity index (χ2n) is 4.57. The summed E-state index contributed by atoms with van der Waals surface area (Å²) >= 11 is 0. The van der Waals surface area contributed by atoms with Crippen molar-refractivity contribution in [2.45, 2.75) is 13.2 Å². The summed E-state index contributed by atoms with van der Waals surface area (Å²) < 4.78 is 28.2. The molecule has 0 unspecified atom stereocenters. The SMILES string of the molecule is CN(Cc1ccc(OC(F)F)cc1)C(=O)C1CNC1.Cl. The Morgan fingerprint density at radius 1 is 1.40 bits per heavy atom. The molecule has 4 nitrogen and oxygen atoms in total. The molecular formula is C13H17ClF2N2O2. The first kappa shape index (κ1) is 16.7. The van der Waals surface area contributed by atoms with E-state index in [-0.39, 0.29) is 30.0 Å². The number of ether oxygens (including phenoxy) is 1. The van der Waals surface area contributed by atoms with Crippen LogP contribution >= 0.6 is 12.4 Å². The largest absolute Gasteiger partial charge is 0.435 e. The summed E-state index contributed by atoms with van der Waals surface area (Å²) in [4.78, 5) is 13.6. The zero-order valence-electron chi connectivity index (χ0n) is 11.0. The van der Waals surface area contributed by atoms with Crippen molar-refractivity contribution in [3.05, 3.63) is 29.8 Å². The number of halogens is 3. The normalized spacial score (nSPS) is 14.4. The molecule has 7 heteroatoms. The van der Waals surface area contributed by atoms with Crippen LogP contribution in [0.4, 0.5) is 8.78 Å². The Kier molecular flexibility index (Phi) is 6.16. The van der Waals surface area contributed by atoms with Gasteiger partial charge in [0.1, 0.15) is 5.75 Å². The first-order chi connectivity index (χ1) is 9.06. The summed E-state index contributed by atoms with van der Waals surface area (Å²) in [7, 11) is 1.74. The number of hydrogen-bond acceptors (Lipinski definition) is 3. The lowest BCUT2D eigenvalue weighted by molar-refractivity contribution is -0.136. The molecule has 0 aromatic heterocycles. The lowest BCUT2D eigenvalue weighted by atomic mass is 10.0. The fraction of sp³-hybridized carbons (Fsp3) is 0.462. The second-order valence-corrected chi connectivity index (χ2v) is 4.57. The van der Waals surface area contributed by atoms with Gasteiger partial charge in [-0.25, -0.2) is 0 Å². The standard InChI is InChI=1S/C13H16F2N2O2.ClH/c1-17(12(18)10-6-16-7-10)8-9-2-4-11(5-3-9)19-13(14)15;/h2-5,10,13,16H,6-8H2,1H3;1H. The van der Waals surface area contributed by atoms with Crippen LogP contribution in [-0.2, 0) is 11.3 Å². The molecule has 1 aromatic carbocycles. The number of alkyl halides is 2. The topological polar surface area (TPSA) is 41.6 Å². The number of rotatable bonds is 5. The average Bonchev–Trinajstić information content (AvgIpc) is 2.28. The number of carbonyl (C=O) groups excluding carboxylic acids is 1. The summed E-state index contributed by atoms with van der Waals surface area (Å²) in [6.45, 7) is -0.903. The van der Waals surface area contributed by atoms with E-state index in [1.54, 1.807) is 24.1 Å². The van der Waals surface area contributed by atoms with Gasteiger partial charge in [-0.1, -0.05) is 12.1 Å². The Labute approximate surface area is 122 Å². The third-order valence-electron chi connectivity index (χ3n) is 3.08. The van der Waals surface area contributed by atoms with Gasteiger partial charge in [-0.2, -0.15) is 8.78 Å².